The Morgan fingerprint density at radius 2 is 1.80 bits per heavy atom. The van der Waals surface area contributed by atoms with Gasteiger partial charge < -0.3 is 10.0 Å². The van der Waals surface area contributed by atoms with E-state index in [1.54, 1.807) is 11.0 Å². The van der Waals surface area contributed by atoms with Gasteiger partial charge in [-0.05, 0) is 11.6 Å². The molecule has 0 aliphatic carbocycles. The quantitative estimate of drug-likeness (QED) is 0.904. The van der Waals surface area contributed by atoms with Crippen molar-refractivity contribution in [3.63, 3.8) is 0 Å². The molecule has 1 N–H and O–H groups in total. The molecule has 0 atom stereocenters. The van der Waals surface area contributed by atoms with Gasteiger partial charge in [-0.25, -0.2) is 0 Å². The first kappa shape index (κ1) is 14.8. The predicted molar refractivity (Wildman–Crippen MR) is 75.8 cm³/mol. The lowest BCUT2D eigenvalue weighted by molar-refractivity contribution is -0.139. The Bertz CT molecular complexity index is 499. The van der Waals surface area contributed by atoms with Crippen LogP contribution in [0.25, 0.3) is 0 Å². The molecule has 20 heavy (non-hydrogen) atoms. The molecule has 1 aromatic carbocycles. The van der Waals surface area contributed by atoms with E-state index in [-0.39, 0.29) is 12.5 Å². The van der Waals surface area contributed by atoms with E-state index in [9.17, 15) is 9.59 Å². The van der Waals surface area contributed by atoms with Gasteiger partial charge in [-0.2, -0.15) is 0 Å². The maximum atomic E-state index is 12.2. The second-order valence-electron chi connectivity index (χ2n) is 4.82. The van der Waals surface area contributed by atoms with E-state index in [1.807, 2.05) is 23.1 Å². The van der Waals surface area contributed by atoms with Gasteiger partial charge in [0.15, 0.2) is 0 Å². The summed E-state index contributed by atoms with van der Waals surface area (Å²) in [5.41, 5.74) is 0.826. The number of hydrogen-bond donors (Lipinski definition) is 1. The van der Waals surface area contributed by atoms with Gasteiger partial charge in [0.05, 0.1) is 13.0 Å². The summed E-state index contributed by atoms with van der Waals surface area (Å²) in [6.45, 7) is 2.36. The molecule has 0 radical (unpaired) electrons. The van der Waals surface area contributed by atoms with Gasteiger partial charge in [0.1, 0.15) is 0 Å². The zero-order chi connectivity index (χ0) is 14.5. The molecule has 1 heterocycles. The minimum Gasteiger partial charge on any atom is -0.480 e. The molecular formula is C14H17ClN2O3. The van der Waals surface area contributed by atoms with E-state index >= 15 is 0 Å². The third kappa shape index (κ3) is 3.95. The smallest absolute Gasteiger partial charge is 0.317 e. The van der Waals surface area contributed by atoms with Crippen molar-refractivity contribution in [2.45, 2.75) is 6.42 Å². The lowest BCUT2D eigenvalue weighted by atomic mass is 10.1. The first-order chi connectivity index (χ1) is 9.56. The fraction of sp³-hybridized carbons (Fsp3) is 0.429. The van der Waals surface area contributed by atoms with Gasteiger partial charge in [-0.1, -0.05) is 29.8 Å². The van der Waals surface area contributed by atoms with Crippen molar-refractivity contribution in [2.75, 3.05) is 32.7 Å². The molecule has 1 amide bonds. The fourth-order valence-electron chi connectivity index (χ4n) is 2.26. The van der Waals surface area contributed by atoms with Crippen molar-refractivity contribution >= 4 is 23.5 Å². The van der Waals surface area contributed by atoms with Crippen LogP contribution in [0.1, 0.15) is 5.56 Å². The lowest BCUT2D eigenvalue weighted by Gasteiger charge is -2.33. The molecule has 1 aromatic rings. The highest BCUT2D eigenvalue weighted by molar-refractivity contribution is 6.31. The highest BCUT2D eigenvalue weighted by Crippen LogP contribution is 2.16. The zero-order valence-corrected chi connectivity index (χ0v) is 11.8. The molecule has 1 aliphatic heterocycles. The SMILES string of the molecule is O=C(O)CN1CCN(C(=O)Cc2ccccc2Cl)CC1. The topological polar surface area (TPSA) is 60.9 Å². The lowest BCUT2D eigenvalue weighted by Crippen LogP contribution is -2.50. The molecule has 0 unspecified atom stereocenters. The van der Waals surface area contributed by atoms with Crippen molar-refractivity contribution < 1.29 is 14.7 Å². The number of piperazine rings is 1. The summed E-state index contributed by atoms with van der Waals surface area (Å²) in [6.07, 6.45) is 0.290. The van der Waals surface area contributed by atoms with Crippen molar-refractivity contribution in [2.24, 2.45) is 0 Å². The van der Waals surface area contributed by atoms with Crippen molar-refractivity contribution in [1.82, 2.24) is 9.80 Å². The number of aliphatic carboxylic acids is 1. The van der Waals surface area contributed by atoms with Crippen LogP contribution in [0, 0.1) is 0 Å². The number of amides is 1. The van der Waals surface area contributed by atoms with E-state index in [0.717, 1.165) is 5.56 Å². The second kappa shape index (κ2) is 6.72. The molecule has 6 heteroatoms. The first-order valence-electron chi connectivity index (χ1n) is 6.51. The molecule has 1 saturated heterocycles. The number of benzene rings is 1. The van der Waals surface area contributed by atoms with Crippen LogP contribution in [0.5, 0.6) is 0 Å². The van der Waals surface area contributed by atoms with Gasteiger partial charge in [0.25, 0.3) is 0 Å². The Balaban J connectivity index is 1.86. The average molecular weight is 297 g/mol. The Morgan fingerprint density at radius 1 is 1.15 bits per heavy atom. The summed E-state index contributed by atoms with van der Waals surface area (Å²) in [5.74, 6) is -0.797. The highest BCUT2D eigenvalue weighted by atomic mass is 35.5. The number of nitrogens with zero attached hydrogens (tertiary/aromatic N) is 2. The maximum Gasteiger partial charge on any atom is 0.317 e. The summed E-state index contributed by atoms with van der Waals surface area (Å²) in [7, 11) is 0. The monoisotopic (exact) mass is 296 g/mol. The number of carboxylic acids is 1. The van der Waals surface area contributed by atoms with Crippen LogP contribution in [-0.4, -0.2) is 59.5 Å². The van der Waals surface area contributed by atoms with E-state index in [0.29, 0.717) is 37.6 Å². The van der Waals surface area contributed by atoms with Gasteiger partial charge in [-0.15, -0.1) is 0 Å². The number of carbonyl (C=O) groups excluding carboxylic acids is 1. The van der Waals surface area contributed by atoms with E-state index in [1.165, 1.54) is 0 Å². The van der Waals surface area contributed by atoms with Crippen LogP contribution in [-0.2, 0) is 16.0 Å². The van der Waals surface area contributed by atoms with Crippen LogP contribution >= 0.6 is 11.6 Å². The van der Waals surface area contributed by atoms with E-state index in [4.69, 9.17) is 16.7 Å². The van der Waals surface area contributed by atoms with E-state index < -0.39 is 5.97 Å². The number of carbonyl (C=O) groups is 2. The molecule has 2 rings (SSSR count). The van der Waals surface area contributed by atoms with Crippen LogP contribution in [0.2, 0.25) is 5.02 Å². The summed E-state index contributed by atoms with van der Waals surface area (Å²) < 4.78 is 0. The fourth-order valence-corrected chi connectivity index (χ4v) is 2.47. The first-order valence-corrected chi connectivity index (χ1v) is 6.89. The normalized spacial score (nSPS) is 16.1. The molecule has 0 bridgehead atoms. The molecular weight excluding hydrogens is 280 g/mol. The summed E-state index contributed by atoms with van der Waals surface area (Å²) >= 11 is 6.04. The largest absolute Gasteiger partial charge is 0.480 e. The van der Waals surface area contributed by atoms with Crippen LogP contribution in [0.15, 0.2) is 24.3 Å². The number of rotatable bonds is 4. The average Bonchev–Trinajstić information content (AvgIpc) is 2.41. The maximum absolute atomic E-state index is 12.2. The summed E-state index contributed by atoms with van der Waals surface area (Å²) in [4.78, 5) is 26.4. The third-order valence-electron chi connectivity index (χ3n) is 3.38. The molecule has 1 fully saturated rings. The zero-order valence-electron chi connectivity index (χ0n) is 11.1. The van der Waals surface area contributed by atoms with E-state index in [2.05, 4.69) is 0 Å². The Hall–Kier alpha value is -1.59. The van der Waals surface area contributed by atoms with Crippen molar-refractivity contribution in [3.05, 3.63) is 34.9 Å². The van der Waals surface area contributed by atoms with Gasteiger partial charge in [0, 0.05) is 31.2 Å². The Morgan fingerprint density at radius 3 is 2.40 bits per heavy atom. The number of carboxylic acid groups (broad SMARTS) is 1. The predicted octanol–water partition coefficient (Wildman–Crippen LogP) is 1.11. The van der Waals surface area contributed by atoms with Crippen molar-refractivity contribution in [1.29, 1.82) is 0 Å². The molecule has 108 valence electrons. The van der Waals surface area contributed by atoms with Gasteiger partial charge in [-0.3, -0.25) is 14.5 Å². The summed E-state index contributed by atoms with van der Waals surface area (Å²) in [5, 5.41) is 9.33. The molecule has 5 nitrogen and oxygen atoms in total. The number of hydrogen-bond acceptors (Lipinski definition) is 3. The molecule has 1 aliphatic rings. The Labute approximate surface area is 122 Å². The minimum atomic E-state index is -0.833. The second-order valence-corrected chi connectivity index (χ2v) is 5.23. The number of halogens is 1. The molecule has 0 spiro atoms. The standard InChI is InChI=1S/C14H17ClN2O3/c15-12-4-2-1-3-11(12)9-13(18)17-7-5-16(6-8-17)10-14(19)20/h1-4H,5-10H2,(H,19,20). The summed E-state index contributed by atoms with van der Waals surface area (Å²) in [6, 6.07) is 7.32. The molecule has 0 aromatic heterocycles. The minimum absolute atomic E-state index is 0.0343. The van der Waals surface area contributed by atoms with Crippen LogP contribution in [0.3, 0.4) is 0 Å². The van der Waals surface area contributed by atoms with Gasteiger partial charge >= 0.3 is 5.97 Å². The van der Waals surface area contributed by atoms with Crippen LogP contribution < -0.4 is 0 Å². The highest BCUT2D eigenvalue weighted by Gasteiger charge is 2.22. The van der Waals surface area contributed by atoms with Crippen LogP contribution in [0.4, 0.5) is 0 Å². The molecule has 0 saturated carbocycles. The van der Waals surface area contributed by atoms with Crippen molar-refractivity contribution in [3.8, 4) is 0 Å². The third-order valence-corrected chi connectivity index (χ3v) is 3.75. The van der Waals surface area contributed by atoms with Gasteiger partial charge in [0.2, 0.25) is 5.91 Å². The Kier molecular flexibility index (Phi) is 4.98.